The third-order valence-electron chi connectivity index (χ3n) is 4.46. The Labute approximate surface area is 156 Å². The molecule has 8 nitrogen and oxygen atoms in total. The maximum Gasteiger partial charge on any atom is 0.284 e. The number of carbonyl (C=O) groups excluding carboxylic acids is 3. The van der Waals surface area contributed by atoms with Gasteiger partial charge in [-0.3, -0.25) is 14.4 Å². The van der Waals surface area contributed by atoms with Crippen LogP contribution in [0.25, 0.3) is 0 Å². The van der Waals surface area contributed by atoms with Crippen molar-refractivity contribution in [3.63, 3.8) is 0 Å². The predicted octanol–water partition coefficient (Wildman–Crippen LogP) is 1.36. The van der Waals surface area contributed by atoms with E-state index >= 15 is 0 Å². The second kappa shape index (κ2) is 7.53. The summed E-state index contributed by atoms with van der Waals surface area (Å²) >= 11 is 0. The summed E-state index contributed by atoms with van der Waals surface area (Å²) in [7, 11) is 1.54. The molecule has 8 heteroatoms. The molecule has 27 heavy (non-hydrogen) atoms. The number of methoxy groups -OCH3 is 1. The number of aryl methyl sites for hydroxylation is 1. The zero-order valence-electron chi connectivity index (χ0n) is 15.2. The van der Waals surface area contributed by atoms with Crippen molar-refractivity contribution in [2.45, 2.75) is 19.9 Å². The molecule has 1 atom stereocenters. The molecule has 2 aromatic rings. The maximum absolute atomic E-state index is 12.4. The van der Waals surface area contributed by atoms with Gasteiger partial charge in [-0.15, -0.1) is 0 Å². The first-order chi connectivity index (χ1) is 12.9. The van der Waals surface area contributed by atoms with Gasteiger partial charge >= 0.3 is 0 Å². The minimum Gasteiger partial charge on any atom is -0.495 e. The van der Waals surface area contributed by atoms with E-state index in [4.69, 9.17) is 14.9 Å². The summed E-state index contributed by atoms with van der Waals surface area (Å²) in [6.45, 7) is 2.32. The third-order valence-corrected chi connectivity index (χ3v) is 4.46. The number of amides is 3. The van der Waals surface area contributed by atoms with Crippen LogP contribution in [-0.4, -0.2) is 31.4 Å². The standard InChI is InChI=1S/C19H21N3O5/c1-11-3-5-15(26-2)14(7-11)22-10-12(8-17(22)23)19(25)21-9-13-4-6-16(27-13)18(20)24/h3-7,12H,8-10H2,1-2H3,(H2,20,24)(H,21,25)/t12-/m1/s1. The molecule has 1 fully saturated rings. The normalized spacial score (nSPS) is 16.4. The molecule has 2 heterocycles. The number of hydrogen-bond acceptors (Lipinski definition) is 5. The molecule has 142 valence electrons. The molecule has 0 aliphatic carbocycles. The molecule has 1 saturated heterocycles. The summed E-state index contributed by atoms with van der Waals surface area (Å²) in [6.07, 6.45) is 0.119. The van der Waals surface area contributed by atoms with E-state index in [9.17, 15) is 14.4 Å². The number of nitrogens with one attached hydrogen (secondary N) is 1. The van der Waals surface area contributed by atoms with Crippen molar-refractivity contribution in [1.82, 2.24) is 5.32 Å². The largest absolute Gasteiger partial charge is 0.495 e. The zero-order chi connectivity index (χ0) is 19.6. The Morgan fingerprint density at radius 1 is 1.33 bits per heavy atom. The second-order valence-corrected chi connectivity index (χ2v) is 6.43. The number of anilines is 1. The molecule has 3 rings (SSSR count). The molecule has 0 bridgehead atoms. The average molecular weight is 371 g/mol. The summed E-state index contributed by atoms with van der Waals surface area (Å²) in [5.74, 6) is -0.496. The van der Waals surface area contributed by atoms with Gasteiger partial charge in [0.25, 0.3) is 5.91 Å². The van der Waals surface area contributed by atoms with E-state index in [2.05, 4.69) is 5.32 Å². The lowest BCUT2D eigenvalue weighted by Crippen LogP contribution is -2.32. The van der Waals surface area contributed by atoms with Gasteiger partial charge in [0.2, 0.25) is 11.8 Å². The summed E-state index contributed by atoms with van der Waals surface area (Å²) < 4.78 is 10.6. The van der Waals surface area contributed by atoms with Crippen LogP contribution < -0.4 is 20.7 Å². The molecule has 1 aromatic heterocycles. The minimum atomic E-state index is -0.670. The number of carbonyl (C=O) groups is 3. The fraction of sp³-hybridized carbons (Fsp3) is 0.316. The van der Waals surface area contributed by atoms with Crippen LogP contribution in [0.15, 0.2) is 34.7 Å². The summed E-state index contributed by atoms with van der Waals surface area (Å²) in [6, 6.07) is 8.60. The van der Waals surface area contributed by atoms with Crippen LogP contribution in [-0.2, 0) is 16.1 Å². The van der Waals surface area contributed by atoms with E-state index in [1.807, 2.05) is 19.1 Å². The van der Waals surface area contributed by atoms with E-state index in [-0.39, 0.29) is 37.1 Å². The molecule has 0 radical (unpaired) electrons. The summed E-state index contributed by atoms with van der Waals surface area (Å²) in [4.78, 5) is 37.5. The smallest absolute Gasteiger partial charge is 0.284 e. The van der Waals surface area contributed by atoms with Gasteiger partial charge in [0.15, 0.2) is 5.76 Å². The van der Waals surface area contributed by atoms with Gasteiger partial charge in [0.05, 0.1) is 25.3 Å². The third kappa shape index (κ3) is 3.94. The number of benzene rings is 1. The Morgan fingerprint density at radius 3 is 2.78 bits per heavy atom. The highest BCUT2D eigenvalue weighted by Crippen LogP contribution is 2.33. The van der Waals surface area contributed by atoms with Gasteiger partial charge in [0, 0.05) is 13.0 Å². The van der Waals surface area contributed by atoms with E-state index in [0.717, 1.165) is 5.56 Å². The van der Waals surface area contributed by atoms with Crippen LogP contribution in [0.4, 0.5) is 5.69 Å². The highest BCUT2D eigenvalue weighted by molar-refractivity contribution is 6.01. The number of rotatable bonds is 6. The monoisotopic (exact) mass is 371 g/mol. The summed E-state index contributed by atoms with van der Waals surface area (Å²) in [5, 5.41) is 2.73. The fourth-order valence-corrected chi connectivity index (χ4v) is 3.05. The lowest BCUT2D eigenvalue weighted by atomic mass is 10.1. The van der Waals surface area contributed by atoms with Crippen molar-refractivity contribution < 1.29 is 23.5 Å². The highest BCUT2D eigenvalue weighted by Gasteiger charge is 2.36. The SMILES string of the molecule is COc1ccc(C)cc1N1C[C@H](C(=O)NCc2ccc(C(N)=O)o2)CC1=O. The Morgan fingerprint density at radius 2 is 2.11 bits per heavy atom. The number of furan rings is 1. The molecule has 1 aliphatic heterocycles. The molecule has 3 N–H and O–H groups in total. The Balaban J connectivity index is 1.65. The van der Waals surface area contributed by atoms with Crippen molar-refractivity contribution >= 4 is 23.4 Å². The molecule has 0 spiro atoms. The van der Waals surface area contributed by atoms with Crippen LogP contribution in [0.5, 0.6) is 5.75 Å². The van der Waals surface area contributed by atoms with Crippen molar-refractivity contribution in [3.8, 4) is 5.75 Å². The first-order valence-electron chi connectivity index (χ1n) is 8.50. The lowest BCUT2D eigenvalue weighted by Gasteiger charge is -2.20. The van der Waals surface area contributed by atoms with Gasteiger partial charge in [-0.05, 0) is 36.8 Å². The number of primary amides is 1. The van der Waals surface area contributed by atoms with Crippen LogP contribution >= 0.6 is 0 Å². The maximum atomic E-state index is 12.4. The fourth-order valence-electron chi connectivity index (χ4n) is 3.05. The van der Waals surface area contributed by atoms with Crippen molar-refractivity contribution in [2.24, 2.45) is 11.7 Å². The van der Waals surface area contributed by atoms with Gasteiger partial charge in [-0.2, -0.15) is 0 Å². The molecular formula is C19H21N3O5. The highest BCUT2D eigenvalue weighted by atomic mass is 16.5. The summed E-state index contributed by atoms with van der Waals surface area (Å²) in [5.41, 5.74) is 6.79. The Bertz CT molecular complexity index is 889. The predicted molar refractivity (Wildman–Crippen MR) is 97.3 cm³/mol. The molecule has 3 amide bonds. The topological polar surface area (TPSA) is 115 Å². The first-order valence-corrected chi connectivity index (χ1v) is 8.50. The van der Waals surface area contributed by atoms with Crippen LogP contribution in [0, 0.1) is 12.8 Å². The van der Waals surface area contributed by atoms with Gasteiger partial charge < -0.3 is 25.1 Å². The molecule has 0 saturated carbocycles. The molecule has 1 aromatic carbocycles. The molecule has 0 unspecified atom stereocenters. The van der Waals surface area contributed by atoms with E-state index in [0.29, 0.717) is 17.2 Å². The second-order valence-electron chi connectivity index (χ2n) is 6.43. The number of hydrogen-bond donors (Lipinski definition) is 2. The van der Waals surface area contributed by atoms with Crippen molar-refractivity contribution in [1.29, 1.82) is 0 Å². The number of nitrogens with two attached hydrogens (primary N) is 1. The van der Waals surface area contributed by atoms with E-state index < -0.39 is 11.8 Å². The van der Waals surface area contributed by atoms with Gasteiger partial charge in [-0.1, -0.05) is 6.07 Å². The zero-order valence-corrected chi connectivity index (χ0v) is 15.2. The molecular weight excluding hydrogens is 350 g/mol. The van der Waals surface area contributed by atoms with Gasteiger partial charge in [-0.25, -0.2) is 0 Å². The first kappa shape index (κ1) is 18.5. The minimum absolute atomic E-state index is 0.0352. The van der Waals surface area contributed by atoms with Crippen LogP contribution in [0.2, 0.25) is 0 Å². The van der Waals surface area contributed by atoms with Crippen LogP contribution in [0.3, 0.4) is 0 Å². The van der Waals surface area contributed by atoms with Gasteiger partial charge in [0.1, 0.15) is 11.5 Å². The van der Waals surface area contributed by atoms with E-state index in [1.54, 1.807) is 24.1 Å². The van der Waals surface area contributed by atoms with Crippen molar-refractivity contribution in [3.05, 3.63) is 47.4 Å². The quantitative estimate of drug-likeness (QED) is 0.796. The van der Waals surface area contributed by atoms with Crippen molar-refractivity contribution in [2.75, 3.05) is 18.6 Å². The molecule has 1 aliphatic rings. The Kier molecular flexibility index (Phi) is 5.16. The number of ether oxygens (including phenoxy) is 1. The average Bonchev–Trinajstić information content (AvgIpc) is 3.26. The number of nitrogens with zero attached hydrogens (tertiary/aromatic N) is 1. The van der Waals surface area contributed by atoms with Crippen LogP contribution in [0.1, 0.15) is 28.3 Å². The lowest BCUT2D eigenvalue weighted by molar-refractivity contribution is -0.126. The van der Waals surface area contributed by atoms with E-state index in [1.165, 1.54) is 6.07 Å². The Hall–Kier alpha value is -3.29.